The first-order chi connectivity index (χ1) is 22.7. The van der Waals surface area contributed by atoms with Crippen molar-refractivity contribution in [1.29, 1.82) is 0 Å². The molecule has 11 heteroatoms. The topological polar surface area (TPSA) is 108 Å². The molecule has 2 fully saturated rings. The van der Waals surface area contributed by atoms with Crippen LogP contribution in [0.15, 0.2) is 72.8 Å². The number of piperidine rings is 2. The van der Waals surface area contributed by atoms with Gasteiger partial charge in [0.2, 0.25) is 0 Å². The predicted octanol–water partition coefficient (Wildman–Crippen LogP) is 5.00. The lowest BCUT2D eigenvalue weighted by molar-refractivity contribution is -0.121. The first kappa shape index (κ1) is 33.5. The number of hydrogen-bond donors (Lipinski definition) is 2. The van der Waals surface area contributed by atoms with Gasteiger partial charge < -0.3 is 20.3 Å². The number of ether oxygens (including phenoxy) is 1. The maximum absolute atomic E-state index is 14.0. The zero-order chi connectivity index (χ0) is 33.0. The molecule has 3 aromatic rings. The number of para-hydroxylation sites is 2. The van der Waals surface area contributed by atoms with Crippen molar-refractivity contribution in [3.05, 3.63) is 94.5 Å². The summed E-state index contributed by atoms with van der Waals surface area (Å²) >= 11 is 6.43. The van der Waals surface area contributed by atoms with Crippen LogP contribution in [0, 0.1) is 5.92 Å². The first-order valence-corrected chi connectivity index (χ1v) is 18.6. The van der Waals surface area contributed by atoms with Crippen LogP contribution in [0.3, 0.4) is 0 Å². The fraction of sp³-hybridized carbons (Fsp3) is 0.444. The third kappa shape index (κ3) is 7.83. The lowest BCUT2D eigenvalue weighted by Crippen LogP contribution is -2.50. The molecule has 3 aromatic carbocycles. The number of rotatable bonds is 10. The molecule has 6 rings (SSSR count). The Hall–Kier alpha value is -3.44. The first-order valence-electron chi connectivity index (χ1n) is 16.5. The number of anilines is 1. The third-order valence-electron chi connectivity index (χ3n) is 9.79. The number of nitrogens with one attached hydrogen (secondary N) is 2. The molecule has 250 valence electrons. The molecule has 2 atom stereocenters. The van der Waals surface area contributed by atoms with Gasteiger partial charge in [0, 0.05) is 23.2 Å². The maximum atomic E-state index is 14.0. The molecule has 47 heavy (non-hydrogen) atoms. The lowest BCUT2D eigenvalue weighted by atomic mass is 9.85. The Morgan fingerprint density at radius 2 is 1.70 bits per heavy atom. The minimum Gasteiger partial charge on any atom is -0.482 e. The molecular weight excluding hydrogens is 636 g/mol. The highest BCUT2D eigenvalue weighted by molar-refractivity contribution is 7.91. The molecule has 2 amide bonds. The molecule has 2 N–H and O–H groups in total. The third-order valence-corrected chi connectivity index (χ3v) is 12.0. The summed E-state index contributed by atoms with van der Waals surface area (Å²) in [6.07, 6.45) is 2.98. The molecule has 3 aliphatic rings. The van der Waals surface area contributed by atoms with Crippen LogP contribution in [0.2, 0.25) is 5.02 Å². The number of sulfone groups is 1. The van der Waals surface area contributed by atoms with Crippen LogP contribution in [0.1, 0.15) is 60.0 Å². The highest BCUT2D eigenvalue weighted by atomic mass is 35.5. The van der Waals surface area contributed by atoms with Gasteiger partial charge in [-0.3, -0.25) is 14.5 Å². The van der Waals surface area contributed by atoms with Gasteiger partial charge in [-0.05, 0) is 106 Å². The normalized spacial score (nSPS) is 19.4. The Kier molecular flexibility index (Phi) is 10.5. The molecule has 0 radical (unpaired) electrons. The van der Waals surface area contributed by atoms with Gasteiger partial charge in [0.15, 0.2) is 16.4 Å². The van der Waals surface area contributed by atoms with Gasteiger partial charge in [-0.25, -0.2) is 8.42 Å². The predicted molar refractivity (Wildman–Crippen MR) is 185 cm³/mol. The van der Waals surface area contributed by atoms with E-state index < -0.39 is 21.1 Å². The number of amides is 2. The zero-order valence-electron chi connectivity index (χ0n) is 26.7. The molecular formula is C36H43ClN4O5S. The van der Waals surface area contributed by atoms with E-state index in [4.69, 9.17) is 16.3 Å². The summed E-state index contributed by atoms with van der Waals surface area (Å²) in [5, 5.41) is 5.72. The average Bonchev–Trinajstić information content (AvgIpc) is 3.09. The minimum atomic E-state index is -3.71. The van der Waals surface area contributed by atoms with Crippen molar-refractivity contribution >= 4 is 38.9 Å². The monoisotopic (exact) mass is 678 g/mol. The second-order valence-electron chi connectivity index (χ2n) is 12.9. The van der Waals surface area contributed by atoms with Gasteiger partial charge in [-0.15, -0.1) is 0 Å². The summed E-state index contributed by atoms with van der Waals surface area (Å²) in [5.74, 6) is 0.0660. The van der Waals surface area contributed by atoms with E-state index in [1.807, 2.05) is 53.4 Å². The number of likely N-dealkylation sites (tertiary alicyclic amines) is 1. The average molecular weight is 679 g/mol. The van der Waals surface area contributed by atoms with Gasteiger partial charge in [0.1, 0.15) is 11.1 Å². The minimum absolute atomic E-state index is 0.0409. The summed E-state index contributed by atoms with van der Waals surface area (Å²) in [4.78, 5) is 31.0. The summed E-state index contributed by atoms with van der Waals surface area (Å²) in [6.45, 7) is 5.78. The molecule has 0 bridgehead atoms. The number of hydrogen-bond acceptors (Lipinski definition) is 7. The van der Waals surface area contributed by atoms with E-state index >= 15 is 0 Å². The van der Waals surface area contributed by atoms with E-state index in [2.05, 4.69) is 22.5 Å². The van der Waals surface area contributed by atoms with Crippen LogP contribution in [0.5, 0.6) is 5.75 Å². The maximum Gasteiger partial charge on any atom is 0.265 e. The Labute approximate surface area is 282 Å². The Balaban J connectivity index is 1.15. The molecule has 0 aromatic heterocycles. The summed E-state index contributed by atoms with van der Waals surface area (Å²) in [7, 11) is -3.71. The van der Waals surface area contributed by atoms with E-state index in [9.17, 15) is 18.0 Å². The van der Waals surface area contributed by atoms with Crippen molar-refractivity contribution in [3.63, 3.8) is 0 Å². The van der Waals surface area contributed by atoms with Gasteiger partial charge in [-0.2, -0.15) is 0 Å². The number of carbonyl (C=O) groups is 2. The fourth-order valence-electron chi connectivity index (χ4n) is 7.22. The molecule has 2 saturated heterocycles. The highest BCUT2D eigenvalue weighted by Gasteiger charge is 2.37. The lowest BCUT2D eigenvalue weighted by Gasteiger charge is -2.39. The number of halogens is 1. The van der Waals surface area contributed by atoms with Crippen LogP contribution in [0.4, 0.5) is 5.69 Å². The van der Waals surface area contributed by atoms with Crippen molar-refractivity contribution in [1.82, 2.24) is 15.5 Å². The van der Waals surface area contributed by atoms with Crippen molar-refractivity contribution < 1.29 is 22.7 Å². The highest BCUT2D eigenvalue weighted by Crippen LogP contribution is 2.35. The van der Waals surface area contributed by atoms with E-state index in [0.717, 1.165) is 42.9 Å². The van der Waals surface area contributed by atoms with E-state index in [1.54, 1.807) is 24.3 Å². The Bertz CT molecular complexity index is 1670. The standard InChI is InChI=1S/C36H43ClN4O5S/c1-25(22-41-32-9-5-6-10-33(32)46-23-34(41)42)40-19-15-27(16-20-40)30-12-11-29(37)21-31(30)35(43)39-36(28-13-17-38-18-14-28)47(44,45)24-26-7-3-2-4-8-26/h2-12,21,25,27-28,36,38H,13-20,22-24H2,1H3,(H,39,43). The van der Waals surface area contributed by atoms with Gasteiger partial charge in [0.25, 0.3) is 11.8 Å². The Morgan fingerprint density at radius 1 is 1.00 bits per heavy atom. The quantitative estimate of drug-likeness (QED) is 0.311. The van der Waals surface area contributed by atoms with Crippen LogP contribution >= 0.6 is 11.6 Å². The molecule has 2 unspecified atom stereocenters. The number of fused-ring (bicyclic) bond motifs is 1. The van der Waals surface area contributed by atoms with Gasteiger partial charge in [-0.1, -0.05) is 60.1 Å². The smallest absolute Gasteiger partial charge is 0.265 e. The molecule has 0 saturated carbocycles. The van der Waals surface area contributed by atoms with Gasteiger partial charge in [0.05, 0.1) is 11.4 Å². The van der Waals surface area contributed by atoms with Crippen molar-refractivity contribution in [2.45, 2.75) is 55.7 Å². The molecule has 0 spiro atoms. The number of nitrogens with zero attached hydrogens (tertiary/aromatic N) is 2. The second kappa shape index (κ2) is 14.8. The van der Waals surface area contributed by atoms with Crippen molar-refractivity contribution in [2.24, 2.45) is 5.92 Å². The summed E-state index contributed by atoms with van der Waals surface area (Å²) in [6, 6.07) is 22.3. The van der Waals surface area contributed by atoms with E-state index in [0.29, 0.717) is 48.6 Å². The number of carbonyl (C=O) groups excluding carboxylic acids is 2. The molecule has 3 aliphatic heterocycles. The molecule has 3 heterocycles. The Morgan fingerprint density at radius 3 is 2.45 bits per heavy atom. The molecule has 0 aliphatic carbocycles. The van der Waals surface area contributed by atoms with Crippen LogP contribution in [0.25, 0.3) is 0 Å². The van der Waals surface area contributed by atoms with Crippen molar-refractivity contribution in [2.75, 3.05) is 44.2 Å². The molecule has 9 nitrogen and oxygen atoms in total. The van der Waals surface area contributed by atoms with Crippen LogP contribution < -0.4 is 20.3 Å². The second-order valence-corrected chi connectivity index (χ2v) is 15.5. The summed E-state index contributed by atoms with van der Waals surface area (Å²) < 4.78 is 33.3. The van der Waals surface area contributed by atoms with E-state index in [1.165, 1.54) is 0 Å². The summed E-state index contributed by atoms with van der Waals surface area (Å²) in [5.41, 5.74) is 2.83. The number of benzene rings is 3. The van der Waals surface area contributed by atoms with Crippen LogP contribution in [-0.2, 0) is 20.4 Å². The van der Waals surface area contributed by atoms with Crippen LogP contribution in [-0.4, -0.2) is 75.9 Å². The zero-order valence-corrected chi connectivity index (χ0v) is 28.3. The van der Waals surface area contributed by atoms with E-state index in [-0.39, 0.29) is 36.1 Å². The largest absolute Gasteiger partial charge is 0.482 e. The fourth-order valence-corrected chi connectivity index (χ4v) is 9.37. The van der Waals surface area contributed by atoms with Crippen molar-refractivity contribution in [3.8, 4) is 5.75 Å². The SMILES string of the molecule is CC(CN1C(=O)COc2ccccc21)N1CCC(c2ccc(Cl)cc2C(=O)NC(C2CCNCC2)S(=O)(=O)Cc2ccccc2)CC1. The van der Waals surface area contributed by atoms with Gasteiger partial charge >= 0.3 is 0 Å².